The number of anilines is 1. The third-order valence-corrected chi connectivity index (χ3v) is 3.46. The van der Waals surface area contributed by atoms with Gasteiger partial charge in [0.15, 0.2) is 0 Å². The van der Waals surface area contributed by atoms with E-state index in [1.54, 1.807) is 6.20 Å². The van der Waals surface area contributed by atoms with Gasteiger partial charge in [-0.1, -0.05) is 18.9 Å². The number of pyridine rings is 1. The quantitative estimate of drug-likeness (QED) is 0.801. The topological polar surface area (TPSA) is 50.9 Å². The highest BCUT2D eigenvalue weighted by Crippen LogP contribution is 2.24. The molecular formula is C13H21N3. The summed E-state index contributed by atoms with van der Waals surface area (Å²) in [6, 6.07) is 4.05. The van der Waals surface area contributed by atoms with Crippen LogP contribution in [0.4, 0.5) is 5.82 Å². The highest BCUT2D eigenvalue weighted by molar-refractivity contribution is 5.39. The number of hydrogen-bond donors (Lipinski definition) is 2. The fourth-order valence-corrected chi connectivity index (χ4v) is 2.47. The zero-order valence-corrected chi connectivity index (χ0v) is 10.00. The molecular weight excluding hydrogens is 198 g/mol. The maximum absolute atomic E-state index is 5.90. The molecule has 0 bridgehead atoms. The monoisotopic (exact) mass is 219 g/mol. The Morgan fingerprint density at radius 1 is 1.44 bits per heavy atom. The van der Waals surface area contributed by atoms with Crippen LogP contribution in [-0.4, -0.2) is 17.1 Å². The van der Waals surface area contributed by atoms with Crippen LogP contribution in [0.25, 0.3) is 0 Å². The minimum atomic E-state index is 0.188. The van der Waals surface area contributed by atoms with Gasteiger partial charge >= 0.3 is 0 Å². The van der Waals surface area contributed by atoms with Gasteiger partial charge < -0.3 is 11.1 Å². The molecule has 1 atom stereocenters. The molecule has 0 saturated carbocycles. The lowest BCUT2D eigenvalue weighted by Gasteiger charge is -2.29. The molecule has 2 heterocycles. The van der Waals surface area contributed by atoms with Crippen LogP contribution in [0.3, 0.4) is 0 Å². The summed E-state index contributed by atoms with van der Waals surface area (Å²) in [4.78, 5) is 4.15. The van der Waals surface area contributed by atoms with Crippen LogP contribution < -0.4 is 11.1 Å². The lowest BCUT2D eigenvalue weighted by Crippen LogP contribution is -2.43. The van der Waals surface area contributed by atoms with Crippen LogP contribution in [-0.2, 0) is 6.42 Å². The molecule has 2 rings (SSSR count). The summed E-state index contributed by atoms with van der Waals surface area (Å²) in [6.45, 7) is 3.42. The number of nitrogens with zero attached hydrogens (tertiary/aromatic N) is 1. The molecule has 1 saturated heterocycles. The van der Waals surface area contributed by atoms with Gasteiger partial charge in [0.2, 0.25) is 0 Å². The Bertz CT molecular complexity index is 341. The molecule has 3 N–H and O–H groups in total. The lowest BCUT2D eigenvalue weighted by molar-refractivity contribution is 0.346. The van der Waals surface area contributed by atoms with Crippen molar-refractivity contribution in [1.29, 1.82) is 0 Å². The van der Waals surface area contributed by atoms with E-state index >= 15 is 0 Å². The van der Waals surface area contributed by atoms with Crippen LogP contribution in [0.15, 0.2) is 18.3 Å². The first-order valence-corrected chi connectivity index (χ1v) is 6.14. The normalized spacial score (nSPS) is 26.3. The van der Waals surface area contributed by atoms with Crippen LogP contribution in [0, 0.1) is 0 Å². The first-order chi connectivity index (χ1) is 7.70. The van der Waals surface area contributed by atoms with E-state index in [-0.39, 0.29) is 5.54 Å². The van der Waals surface area contributed by atoms with Crippen LogP contribution in [0.2, 0.25) is 0 Å². The summed E-state index contributed by atoms with van der Waals surface area (Å²) in [5.74, 6) is 0.676. The van der Waals surface area contributed by atoms with Gasteiger partial charge in [0.25, 0.3) is 0 Å². The fourth-order valence-electron chi connectivity index (χ4n) is 2.47. The van der Waals surface area contributed by atoms with Gasteiger partial charge in [0.05, 0.1) is 0 Å². The van der Waals surface area contributed by atoms with Gasteiger partial charge in [-0.2, -0.15) is 0 Å². The largest absolute Gasteiger partial charge is 0.383 e. The minimum Gasteiger partial charge on any atom is -0.383 e. The zero-order chi connectivity index (χ0) is 11.4. The van der Waals surface area contributed by atoms with E-state index in [9.17, 15) is 0 Å². The number of aromatic nitrogens is 1. The minimum absolute atomic E-state index is 0.188. The number of hydrogen-bond acceptors (Lipinski definition) is 3. The molecule has 0 aliphatic carbocycles. The van der Waals surface area contributed by atoms with E-state index < -0.39 is 0 Å². The van der Waals surface area contributed by atoms with Crippen LogP contribution in [0.1, 0.15) is 38.2 Å². The summed E-state index contributed by atoms with van der Waals surface area (Å²) in [6.07, 6.45) is 7.89. The van der Waals surface area contributed by atoms with Crippen molar-refractivity contribution in [3.63, 3.8) is 0 Å². The summed E-state index contributed by atoms with van der Waals surface area (Å²) < 4.78 is 0. The van der Waals surface area contributed by atoms with E-state index in [2.05, 4.69) is 23.3 Å². The number of nitrogens with one attached hydrogen (secondary N) is 1. The Kier molecular flexibility index (Phi) is 3.44. The van der Waals surface area contributed by atoms with Crippen molar-refractivity contribution in [1.82, 2.24) is 10.3 Å². The molecule has 0 aromatic carbocycles. The zero-order valence-electron chi connectivity index (χ0n) is 10.00. The van der Waals surface area contributed by atoms with Gasteiger partial charge in [-0.3, -0.25) is 0 Å². The predicted molar refractivity (Wildman–Crippen MR) is 67.2 cm³/mol. The third-order valence-electron chi connectivity index (χ3n) is 3.46. The molecule has 1 aliphatic rings. The summed E-state index contributed by atoms with van der Waals surface area (Å²) >= 11 is 0. The molecule has 88 valence electrons. The Balaban J connectivity index is 2.10. The number of nitrogens with two attached hydrogens (primary N) is 1. The lowest BCUT2D eigenvalue weighted by atomic mass is 9.89. The third kappa shape index (κ3) is 2.73. The van der Waals surface area contributed by atoms with Gasteiger partial charge in [-0.15, -0.1) is 0 Å². The summed E-state index contributed by atoms with van der Waals surface area (Å²) in [5.41, 5.74) is 7.25. The van der Waals surface area contributed by atoms with Crippen molar-refractivity contribution in [3.05, 3.63) is 23.9 Å². The van der Waals surface area contributed by atoms with Crippen molar-refractivity contribution < 1.29 is 0 Å². The second kappa shape index (κ2) is 4.83. The van der Waals surface area contributed by atoms with Crippen molar-refractivity contribution >= 4 is 5.82 Å². The van der Waals surface area contributed by atoms with Crippen LogP contribution >= 0.6 is 0 Å². The molecule has 16 heavy (non-hydrogen) atoms. The van der Waals surface area contributed by atoms with Gasteiger partial charge in [0.1, 0.15) is 5.82 Å². The number of rotatable bonds is 2. The molecule has 0 spiro atoms. The molecule has 3 heteroatoms. The molecule has 3 nitrogen and oxygen atoms in total. The Labute approximate surface area is 97.5 Å². The van der Waals surface area contributed by atoms with Crippen molar-refractivity contribution in [3.8, 4) is 0 Å². The molecule has 0 amide bonds. The van der Waals surface area contributed by atoms with E-state index in [0.717, 1.165) is 13.0 Å². The first-order valence-electron chi connectivity index (χ1n) is 6.14. The second-order valence-electron chi connectivity index (χ2n) is 5.02. The average molecular weight is 219 g/mol. The highest BCUT2D eigenvalue weighted by atomic mass is 15.0. The van der Waals surface area contributed by atoms with Crippen molar-refractivity contribution in [2.24, 2.45) is 0 Å². The van der Waals surface area contributed by atoms with Gasteiger partial charge in [0, 0.05) is 11.7 Å². The maximum Gasteiger partial charge on any atom is 0.126 e. The molecule has 1 aliphatic heterocycles. The average Bonchev–Trinajstić information content (AvgIpc) is 2.47. The highest BCUT2D eigenvalue weighted by Gasteiger charge is 2.25. The first kappa shape index (κ1) is 11.4. The Hall–Kier alpha value is -1.09. The van der Waals surface area contributed by atoms with Gasteiger partial charge in [-0.05, 0) is 44.4 Å². The Morgan fingerprint density at radius 2 is 2.31 bits per heavy atom. The second-order valence-corrected chi connectivity index (χ2v) is 5.02. The maximum atomic E-state index is 5.90. The van der Waals surface area contributed by atoms with Crippen molar-refractivity contribution in [2.75, 3.05) is 12.3 Å². The molecule has 1 unspecified atom stereocenters. The predicted octanol–water partition coefficient (Wildman–Crippen LogP) is 2.13. The summed E-state index contributed by atoms with van der Waals surface area (Å²) in [7, 11) is 0. The van der Waals surface area contributed by atoms with Crippen molar-refractivity contribution in [2.45, 2.75) is 44.6 Å². The summed E-state index contributed by atoms with van der Waals surface area (Å²) in [5, 5.41) is 3.65. The van der Waals surface area contributed by atoms with E-state index in [4.69, 9.17) is 5.73 Å². The standard InChI is InChI=1S/C13H21N3/c1-13(7-3-2-4-9-16-13)10-11-6-5-8-15-12(11)14/h5-6,8,16H,2-4,7,9-10H2,1H3,(H2,14,15). The Morgan fingerprint density at radius 3 is 3.12 bits per heavy atom. The van der Waals surface area contributed by atoms with E-state index in [1.807, 2.05) is 6.07 Å². The SMILES string of the molecule is CC1(Cc2cccnc2N)CCCCCN1. The molecule has 0 radical (unpaired) electrons. The van der Waals surface area contributed by atoms with Crippen LogP contribution in [0.5, 0.6) is 0 Å². The number of nitrogen functional groups attached to an aromatic ring is 1. The molecule has 1 aromatic rings. The molecule has 1 fully saturated rings. The molecule has 1 aromatic heterocycles. The fraction of sp³-hybridized carbons (Fsp3) is 0.615. The van der Waals surface area contributed by atoms with E-state index in [1.165, 1.54) is 31.2 Å². The van der Waals surface area contributed by atoms with Gasteiger partial charge in [-0.25, -0.2) is 4.98 Å². The van der Waals surface area contributed by atoms with E-state index in [0.29, 0.717) is 5.82 Å². The smallest absolute Gasteiger partial charge is 0.126 e.